The molecule has 0 saturated heterocycles. The van der Waals surface area contributed by atoms with Gasteiger partial charge < -0.3 is 4.74 Å². The van der Waals surface area contributed by atoms with E-state index in [9.17, 15) is 13.4 Å². The molecule has 0 radical (unpaired) electrons. The maximum atomic E-state index is 14.7. The van der Waals surface area contributed by atoms with Gasteiger partial charge in [0.05, 0.1) is 15.5 Å². The molecule has 0 spiro atoms. The molecule has 160 valence electrons. The zero-order valence-electron chi connectivity index (χ0n) is 17.2. The third-order valence-corrected chi connectivity index (χ3v) is 8.89. The minimum absolute atomic E-state index is 0.0242. The molecule has 1 amide bonds. The number of hydrogen-bond donors (Lipinski definition) is 1. The second kappa shape index (κ2) is 7.30. The molecule has 0 unspecified atom stereocenters. The highest BCUT2D eigenvalue weighted by atomic mass is 79.9. The molecular formula is C19H26BrFN4O3S. The summed E-state index contributed by atoms with van der Waals surface area (Å²) in [6.07, 6.45) is 0.577. The molecule has 0 bridgehead atoms. The molecular weight excluding hydrogens is 463 g/mol. The summed E-state index contributed by atoms with van der Waals surface area (Å²) in [5.74, 6) is -0.329. The standard InChI is InChI=1S/C19H26BrFN4O3S/c1-17(2,3)28-16(26)24-15-19(5)9-6-10-22-29(19,27)11-18(4,25-15)14-12(21)7-8-13(20)23-14/h7-8H,6,9-11H2,1-5H3,(H,24,25,26)/t18-,19+,29+/m0/s1. The number of fused-ring (bicyclic) bond motifs is 1. The lowest BCUT2D eigenvalue weighted by molar-refractivity contribution is 0.0560. The van der Waals surface area contributed by atoms with E-state index in [1.165, 1.54) is 12.1 Å². The number of ether oxygens (including phenoxy) is 1. The van der Waals surface area contributed by atoms with E-state index in [2.05, 4.69) is 30.6 Å². The third-order valence-electron chi connectivity index (χ3n) is 5.09. The van der Waals surface area contributed by atoms with E-state index < -0.39 is 37.5 Å². The summed E-state index contributed by atoms with van der Waals surface area (Å²) in [4.78, 5) is 21.4. The van der Waals surface area contributed by atoms with E-state index in [0.29, 0.717) is 17.6 Å². The lowest BCUT2D eigenvalue weighted by Crippen LogP contribution is -2.60. The number of pyridine rings is 1. The first-order valence-electron chi connectivity index (χ1n) is 9.41. The summed E-state index contributed by atoms with van der Waals surface area (Å²) in [5.41, 5.74) is -1.91. The van der Waals surface area contributed by atoms with Gasteiger partial charge in [-0.05, 0) is 75.5 Å². The number of nitrogens with zero attached hydrogens (tertiary/aromatic N) is 3. The molecule has 3 rings (SSSR count). The number of carbonyl (C=O) groups is 1. The number of aromatic nitrogens is 1. The van der Waals surface area contributed by atoms with Crippen LogP contribution in [0.2, 0.25) is 0 Å². The SMILES string of the molecule is CC(C)(C)OC(=O)NC1=N[C@](C)(c2nc(Br)ccc2F)C[S@]2(=O)=NCCC[C@]12C. The van der Waals surface area contributed by atoms with Crippen molar-refractivity contribution in [3.63, 3.8) is 0 Å². The van der Waals surface area contributed by atoms with Crippen molar-refractivity contribution >= 4 is 37.6 Å². The van der Waals surface area contributed by atoms with Crippen LogP contribution >= 0.6 is 15.9 Å². The fourth-order valence-electron chi connectivity index (χ4n) is 3.66. The molecule has 1 aromatic rings. The van der Waals surface area contributed by atoms with Crippen LogP contribution in [0.4, 0.5) is 9.18 Å². The van der Waals surface area contributed by atoms with E-state index >= 15 is 0 Å². The normalized spacial score (nSPS) is 31.9. The minimum atomic E-state index is -2.85. The fourth-order valence-corrected chi connectivity index (χ4v) is 6.91. The predicted molar refractivity (Wildman–Crippen MR) is 114 cm³/mol. The zero-order valence-corrected chi connectivity index (χ0v) is 19.6. The average molecular weight is 489 g/mol. The molecule has 3 atom stereocenters. The Bertz CT molecular complexity index is 1000. The Morgan fingerprint density at radius 3 is 2.69 bits per heavy atom. The zero-order chi connectivity index (χ0) is 21.7. The number of nitrogens with one attached hydrogen (secondary N) is 1. The third kappa shape index (κ3) is 4.19. The highest BCUT2D eigenvalue weighted by Crippen LogP contribution is 2.42. The van der Waals surface area contributed by atoms with Crippen molar-refractivity contribution in [2.45, 2.75) is 63.3 Å². The number of alkyl carbamates (subject to hydrolysis) is 1. The van der Waals surface area contributed by atoms with Crippen LogP contribution in [-0.4, -0.2) is 43.8 Å². The molecule has 0 saturated carbocycles. The van der Waals surface area contributed by atoms with Gasteiger partial charge in [-0.25, -0.2) is 22.7 Å². The summed E-state index contributed by atoms with van der Waals surface area (Å²) in [5, 5.41) is 2.69. The van der Waals surface area contributed by atoms with Crippen molar-refractivity contribution in [1.82, 2.24) is 10.3 Å². The van der Waals surface area contributed by atoms with E-state index in [0.717, 1.165) is 6.42 Å². The maximum Gasteiger partial charge on any atom is 0.413 e. The van der Waals surface area contributed by atoms with Crippen LogP contribution in [0, 0.1) is 5.82 Å². The predicted octanol–water partition coefficient (Wildman–Crippen LogP) is 4.16. The van der Waals surface area contributed by atoms with Crippen LogP contribution in [0.1, 0.15) is 53.2 Å². The topological polar surface area (TPSA) is 93.0 Å². The van der Waals surface area contributed by atoms with Crippen LogP contribution < -0.4 is 5.32 Å². The van der Waals surface area contributed by atoms with E-state index in [1.54, 1.807) is 34.6 Å². The lowest BCUT2D eigenvalue weighted by Gasteiger charge is -2.44. The van der Waals surface area contributed by atoms with Gasteiger partial charge in [0.15, 0.2) is 0 Å². The first-order valence-corrected chi connectivity index (χ1v) is 11.9. The number of aliphatic imine (C=N–C) groups is 1. The highest BCUT2D eigenvalue weighted by Gasteiger charge is 2.53. The number of hydrogen-bond acceptors (Lipinski definition) is 6. The number of halogens is 2. The lowest BCUT2D eigenvalue weighted by atomic mass is 9.96. The molecule has 1 N–H and O–H groups in total. The molecule has 2 aliphatic heterocycles. The molecule has 1 aromatic heterocycles. The first kappa shape index (κ1) is 22.1. The largest absolute Gasteiger partial charge is 0.444 e. The Morgan fingerprint density at radius 1 is 1.34 bits per heavy atom. The van der Waals surface area contributed by atoms with Gasteiger partial charge in [-0.2, -0.15) is 0 Å². The molecule has 29 heavy (non-hydrogen) atoms. The quantitative estimate of drug-likeness (QED) is 0.600. The van der Waals surface area contributed by atoms with E-state index in [-0.39, 0.29) is 17.3 Å². The van der Waals surface area contributed by atoms with Gasteiger partial charge >= 0.3 is 6.09 Å². The van der Waals surface area contributed by atoms with Crippen LogP contribution in [0.15, 0.2) is 26.1 Å². The molecule has 2 aliphatic rings. The second-order valence-electron chi connectivity index (χ2n) is 8.80. The Balaban J connectivity index is 2.15. The first-order chi connectivity index (χ1) is 13.3. The van der Waals surface area contributed by atoms with Gasteiger partial charge in [0.1, 0.15) is 37.8 Å². The fraction of sp³-hybridized carbons (Fsp3) is 0.632. The molecule has 10 heteroatoms. The maximum absolute atomic E-state index is 14.7. The Labute approximate surface area is 179 Å². The molecule has 7 nitrogen and oxygen atoms in total. The minimum Gasteiger partial charge on any atom is -0.444 e. The Hall–Kier alpha value is -1.55. The molecule has 3 heterocycles. The van der Waals surface area contributed by atoms with Crippen molar-refractivity contribution in [3.05, 3.63) is 28.2 Å². The van der Waals surface area contributed by atoms with Gasteiger partial charge in [0.25, 0.3) is 0 Å². The van der Waals surface area contributed by atoms with Gasteiger partial charge in [0, 0.05) is 6.54 Å². The van der Waals surface area contributed by atoms with Crippen LogP contribution in [0.25, 0.3) is 0 Å². The molecule has 0 fully saturated rings. The highest BCUT2D eigenvalue weighted by molar-refractivity contribution is 9.10. The summed E-state index contributed by atoms with van der Waals surface area (Å²) >= 11 is 3.26. The van der Waals surface area contributed by atoms with Crippen molar-refractivity contribution < 1.29 is 18.1 Å². The van der Waals surface area contributed by atoms with Crippen molar-refractivity contribution in [1.29, 1.82) is 0 Å². The molecule has 0 aromatic carbocycles. The molecule has 0 aliphatic carbocycles. The summed E-state index contributed by atoms with van der Waals surface area (Å²) < 4.78 is 37.9. The van der Waals surface area contributed by atoms with Gasteiger partial charge in [0.2, 0.25) is 0 Å². The van der Waals surface area contributed by atoms with Crippen molar-refractivity contribution in [2.24, 2.45) is 9.36 Å². The van der Waals surface area contributed by atoms with E-state index in [1.807, 2.05) is 0 Å². The monoisotopic (exact) mass is 488 g/mol. The van der Waals surface area contributed by atoms with Gasteiger partial charge in [-0.1, -0.05) is 0 Å². The van der Waals surface area contributed by atoms with Gasteiger partial charge in [-0.15, -0.1) is 0 Å². The van der Waals surface area contributed by atoms with Crippen molar-refractivity contribution in [2.75, 3.05) is 12.3 Å². The average Bonchev–Trinajstić information content (AvgIpc) is 2.56. The van der Waals surface area contributed by atoms with Gasteiger partial charge in [-0.3, -0.25) is 10.3 Å². The number of rotatable bonds is 1. The van der Waals surface area contributed by atoms with Crippen LogP contribution in [0.3, 0.4) is 0 Å². The summed E-state index contributed by atoms with van der Waals surface area (Å²) in [6, 6.07) is 2.77. The number of amides is 1. The van der Waals surface area contributed by atoms with Crippen LogP contribution in [-0.2, 0) is 20.0 Å². The van der Waals surface area contributed by atoms with Crippen molar-refractivity contribution in [3.8, 4) is 0 Å². The Kier molecular flexibility index (Phi) is 5.57. The van der Waals surface area contributed by atoms with Crippen LogP contribution in [0.5, 0.6) is 0 Å². The second-order valence-corrected chi connectivity index (χ2v) is 12.3. The number of carbonyl (C=O) groups excluding carboxylic acids is 1. The smallest absolute Gasteiger partial charge is 0.413 e. The summed E-state index contributed by atoms with van der Waals surface area (Å²) in [7, 11) is -2.85. The Morgan fingerprint density at radius 2 is 2.03 bits per heavy atom. The number of amidine groups is 1. The summed E-state index contributed by atoms with van der Waals surface area (Å²) in [6.45, 7) is 9.16. The van der Waals surface area contributed by atoms with E-state index in [4.69, 9.17) is 9.73 Å².